The van der Waals surface area contributed by atoms with Crippen molar-refractivity contribution in [3.05, 3.63) is 47.2 Å². The first-order chi connectivity index (χ1) is 9.96. The minimum absolute atomic E-state index is 0.153. The number of benzene rings is 1. The molecule has 1 N–H and O–H groups in total. The average Bonchev–Trinajstić information content (AvgIpc) is 2.74. The number of nitrogens with zero attached hydrogens (tertiary/aromatic N) is 1. The molecular weight excluding hydrogens is 292 g/mol. The Morgan fingerprint density at radius 3 is 2.81 bits per heavy atom. The molecule has 108 valence electrons. The second-order valence-electron chi connectivity index (χ2n) is 5.03. The van der Waals surface area contributed by atoms with E-state index in [0.717, 1.165) is 0 Å². The van der Waals surface area contributed by atoms with E-state index in [4.69, 9.17) is 21.1 Å². The second kappa shape index (κ2) is 4.93. The van der Waals surface area contributed by atoms with Crippen LogP contribution in [0.4, 0.5) is 5.69 Å². The number of fused-ring (bicyclic) bond motifs is 1. The number of pyridine rings is 1. The number of amides is 1. The quantitative estimate of drug-likeness (QED) is 0.863. The van der Waals surface area contributed by atoms with Gasteiger partial charge < -0.3 is 14.8 Å². The van der Waals surface area contributed by atoms with Gasteiger partial charge in [-0.15, -0.1) is 0 Å². The lowest BCUT2D eigenvalue weighted by atomic mass is 10.2. The topological polar surface area (TPSA) is 60.5 Å². The summed E-state index contributed by atoms with van der Waals surface area (Å²) in [7, 11) is 0. The Balaban J connectivity index is 1.89. The summed E-state index contributed by atoms with van der Waals surface area (Å²) in [5.74, 6) is -0.00415. The van der Waals surface area contributed by atoms with Gasteiger partial charge in [0.1, 0.15) is 5.15 Å². The maximum absolute atomic E-state index is 12.3. The number of carbonyl (C=O) groups is 1. The maximum Gasteiger partial charge on any atom is 0.258 e. The standard InChI is InChI=1S/C15H13ClN2O3/c1-15(2)20-11-7-3-6-10(12(11)21-15)18-14(19)9-5-4-8-17-13(9)16/h3-8H,1-2H3,(H,18,19). The molecule has 1 aromatic carbocycles. The Bertz CT molecular complexity index is 716. The molecule has 6 heteroatoms. The molecule has 0 atom stereocenters. The predicted octanol–water partition coefficient (Wildman–Crippen LogP) is 3.49. The molecule has 0 saturated carbocycles. The molecule has 2 aromatic rings. The van der Waals surface area contributed by atoms with Crippen LogP contribution in [0.1, 0.15) is 24.2 Å². The first-order valence-corrected chi connectivity index (χ1v) is 6.77. The van der Waals surface area contributed by atoms with E-state index < -0.39 is 5.79 Å². The average molecular weight is 305 g/mol. The van der Waals surface area contributed by atoms with Gasteiger partial charge in [0.05, 0.1) is 11.3 Å². The van der Waals surface area contributed by atoms with E-state index in [0.29, 0.717) is 22.7 Å². The highest BCUT2D eigenvalue weighted by Crippen LogP contribution is 2.44. The lowest BCUT2D eigenvalue weighted by Gasteiger charge is -2.16. The van der Waals surface area contributed by atoms with E-state index in [1.165, 1.54) is 6.20 Å². The van der Waals surface area contributed by atoms with Gasteiger partial charge in [0.15, 0.2) is 11.5 Å². The number of para-hydroxylation sites is 1. The molecule has 0 bridgehead atoms. The largest absolute Gasteiger partial charge is 0.449 e. The Kier molecular flexibility index (Phi) is 3.22. The van der Waals surface area contributed by atoms with Gasteiger partial charge >= 0.3 is 0 Å². The van der Waals surface area contributed by atoms with Crippen molar-refractivity contribution in [2.24, 2.45) is 0 Å². The van der Waals surface area contributed by atoms with Crippen molar-refractivity contribution >= 4 is 23.2 Å². The van der Waals surface area contributed by atoms with Gasteiger partial charge in [-0.25, -0.2) is 4.98 Å². The maximum atomic E-state index is 12.3. The fourth-order valence-corrected chi connectivity index (χ4v) is 2.28. The molecule has 0 saturated heterocycles. The number of halogens is 1. The van der Waals surface area contributed by atoms with Gasteiger partial charge in [-0.3, -0.25) is 4.79 Å². The molecule has 21 heavy (non-hydrogen) atoms. The van der Waals surface area contributed by atoms with Crippen LogP contribution in [0.3, 0.4) is 0 Å². The number of hydrogen-bond donors (Lipinski definition) is 1. The van der Waals surface area contributed by atoms with Crippen LogP contribution < -0.4 is 14.8 Å². The van der Waals surface area contributed by atoms with Crippen molar-refractivity contribution in [2.75, 3.05) is 5.32 Å². The van der Waals surface area contributed by atoms with Crippen LogP contribution in [0.5, 0.6) is 11.5 Å². The van der Waals surface area contributed by atoms with Crippen LogP contribution in [0.15, 0.2) is 36.5 Å². The van der Waals surface area contributed by atoms with Crippen LogP contribution in [0, 0.1) is 0 Å². The first kappa shape index (κ1) is 13.7. The van der Waals surface area contributed by atoms with E-state index in [1.54, 1.807) is 44.2 Å². The monoisotopic (exact) mass is 304 g/mol. The summed E-state index contributed by atoms with van der Waals surface area (Å²) in [6, 6.07) is 8.57. The molecule has 2 heterocycles. The molecule has 1 amide bonds. The summed E-state index contributed by atoms with van der Waals surface area (Å²) in [5.41, 5.74) is 0.831. The number of nitrogens with one attached hydrogen (secondary N) is 1. The van der Waals surface area contributed by atoms with Crippen molar-refractivity contribution in [3.63, 3.8) is 0 Å². The Morgan fingerprint density at radius 2 is 2.05 bits per heavy atom. The second-order valence-corrected chi connectivity index (χ2v) is 5.39. The van der Waals surface area contributed by atoms with E-state index in [1.807, 2.05) is 0 Å². The van der Waals surface area contributed by atoms with Gasteiger partial charge in [0.25, 0.3) is 5.91 Å². The zero-order valence-corrected chi connectivity index (χ0v) is 12.3. The molecule has 1 aliphatic heterocycles. The summed E-state index contributed by atoms with van der Waals surface area (Å²) in [6.07, 6.45) is 1.53. The van der Waals surface area contributed by atoms with Gasteiger partial charge in [0.2, 0.25) is 5.79 Å². The summed E-state index contributed by atoms with van der Waals surface area (Å²) in [4.78, 5) is 16.2. The molecule has 0 spiro atoms. The summed E-state index contributed by atoms with van der Waals surface area (Å²) < 4.78 is 11.3. The molecule has 5 nitrogen and oxygen atoms in total. The molecule has 1 aliphatic rings. The highest BCUT2D eigenvalue weighted by atomic mass is 35.5. The third-order valence-electron chi connectivity index (χ3n) is 2.93. The van der Waals surface area contributed by atoms with Crippen LogP contribution in [0.2, 0.25) is 5.15 Å². The lowest BCUT2D eigenvalue weighted by molar-refractivity contribution is -0.0429. The SMILES string of the molecule is CC1(C)Oc2cccc(NC(=O)c3cccnc3Cl)c2O1. The minimum Gasteiger partial charge on any atom is -0.449 e. The van der Waals surface area contributed by atoms with E-state index >= 15 is 0 Å². The van der Waals surface area contributed by atoms with Crippen molar-refractivity contribution < 1.29 is 14.3 Å². The number of carbonyl (C=O) groups excluding carboxylic acids is 1. The number of ether oxygens (including phenoxy) is 2. The predicted molar refractivity (Wildman–Crippen MR) is 79.0 cm³/mol. The van der Waals surface area contributed by atoms with Gasteiger partial charge in [-0.1, -0.05) is 17.7 Å². The van der Waals surface area contributed by atoms with E-state index in [9.17, 15) is 4.79 Å². The molecule has 1 aromatic heterocycles. The summed E-state index contributed by atoms with van der Waals surface area (Å²) in [5, 5.41) is 2.92. The van der Waals surface area contributed by atoms with Gasteiger partial charge in [-0.2, -0.15) is 0 Å². The molecule has 0 aliphatic carbocycles. The smallest absolute Gasteiger partial charge is 0.258 e. The Labute approximate surface area is 126 Å². The summed E-state index contributed by atoms with van der Waals surface area (Å²) in [6.45, 7) is 3.60. The normalized spacial score (nSPS) is 14.8. The highest BCUT2D eigenvalue weighted by molar-refractivity contribution is 6.33. The van der Waals surface area contributed by atoms with Crippen molar-refractivity contribution in [1.29, 1.82) is 0 Å². The Hall–Kier alpha value is -2.27. The van der Waals surface area contributed by atoms with E-state index in [-0.39, 0.29) is 11.1 Å². The van der Waals surface area contributed by atoms with E-state index in [2.05, 4.69) is 10.3 Å². The zero-order valence-electron chi connectivity index (χ0n) is 11.5. The molecule has 3 rings (SSSR count). The van der Waals surface area contributed by atoms with Gasteiger partial charge in [0, 0.05) is 20.0 Å². The third-order valence-corrected chi connectivity index (χ3v) is 3.24. The molecule has 0 radical (unpaired) electrons. The van der Waals surface area contributed by atoms with Crippen LogP contribution in [-0.2, 0) is 0 Å². The van der Waals surface area contributed by atoms with Gasteiger partial charge in [-0.05, 0) is 24.3 Å². The Morgan fingerprint density at radius 1 is 1.24 bits per heavy atom. The van der Waals surface area contributed by atoms with Crippen molar-refractivity contribution in [2.45, 2.75) is 19.6 Å². The van der Waals surface area contributed by atoms with Crippen molar-refractivity contribution in [1.82, 2.24) is 4.98 Å². The summed E-state index contributed by atoms with van der Waals surface area (Å²) >= 11 is 5.92. The van der Waals surface area contributed by atoms with Crippen molar-refractivity contribution in [3.8, 4) is 11.5 Å². The number of rotatable bonds is 2. The lowest BCUT2D eigenvalue weighted by Crippen LogP contribution is -2.30. The fourth-order valence-electron chi connectivity index (χ4n) is 2.08. The zero-order chi connectivity index (χ0) is 15.0. The minimum atomic E-state index is -0.755. The number of hydrogen-bond acceptors (Lipinski definition) is 4. The fraction of sp³-hybridized carbons (Fsp3) is 0.200. The third kappa shape index (κ3) is 2.64. The van der Waals surface area contributed by atoms with Crippen LogP contribution >= 0.6 is 11.6 Å². The molecular formula is C15H13ClN2O3. The number of anilines is 1. The first-order valence-electron chi connectivity index (χ1n) is 6.39. The molecule has 0 unspecified atom stereocenters. The number of aromatic nitrogens is 1. The van der Waals surface area contributed by atoms with Crippen LogP contribution in [-0.4, -0.2) is 16.7 Å². The highest BCUT2D eigenvalue weighted by Gasteiger charge is 2.33. The van der Waals surface area contributed by atoms with Crippen LogP contribution in [0.25, 0.3) is 0 Å². The molecule has 0 fully saturated rings.